The van der Waals surface area contributed by atoms with Gasteiger partial charge in [-0.1, -0.05) is 0 Å². The first-order valence-electron chi connectivity index (χ1n) is 8.09. The molecule has 140 valence electrons. The van der Waals surface area contributed by atoms with Gasteiger partial charge in [0, 0.05) is 25.1 Å². The van der Waals surface area contributed by atoms with Gasteiger partial charge in [-0.15, -0.1) is 0 Å². The van der Waals surface area contributed by atoms with E-state index in [4.69, 9.17) is 0 Å². The zero-order valence-electron chi connectivity index (χ0n) is 14.6. The van der Waals surface area contributed by atoms with Crippen LogP contribution in [0.25, 0.3) is 0 Å². The summed E-state index contributed by atoms with van der Waals surface area (Å²) in [5.41, 5.74) is 0.841. The highest BCUT2D eigenvalue weighted by atomic mass is 32.2. The number of nitrogens with zero attached hydrogens (tertiary/aromatic N) is 2. The molecule has 1 fully saturated rings. The van der Waals surface area contributed by atoms with Crippen molar-refractivity contribution in [3.8, 4) is 0 Å². The molecule has 0 spiro atoms. The van der Waals surface area contributed by atoms with Crippen LogP contribution in [0.5, 0.6) is 0 Å². The van der Waals surface area contributed by atoms with E-state index in [-0.39, 0.29) is 0 Å². The van der Waals surface area contributed by atoms with E-state index in [1.165, 1.54) is 18.5 Å². The molecule has 1 heterocycles. The topological polar surface area (TPSA) is 81.1 Å². The van der Waals surface area contributed by atoms with Gasteiger partial charge >= 0.3 is 0 Å². The summed E-state index contributed by atoms with van der Waals surface area (Å²) >= 11 is 0. The first kappa shape index (κ1) is 18.5. The van der Waals surface area contributed by atoms with E-state index in [0.29, 0.717) is 17.8 Å². The van der Waals surface area contributed by atoms with E-state index in [1.807, 2.05) is 0 Å². The Bertz CT molecular complexity index is 979. The van der Waals surface area contributed by atoms with Crippen molar-refractivity contribution in [2.45, 2.75) is 42.2 Å². The van der Waals surface area contributed by atoms with Crippen molar-refractivity contribution in [1.29, 1.82) is 0 Å². The Kier molecular flexibility index (Phi) is 4.38. The number of nitrogens with one attached hydrogen (secondary N) is 1. The Morgan fingerprint density at radius 2 is 1.92 bits per heavy atom. The second kappa shape index (κ2) is 6.15. The molecule has 1 N–H and O–H groups in total. The van der Waals surface area contributed by atoms with Gasteiger partial charge in [-0.3, -0.25) is 9.48 Å². The lowest BCUT2D eigenvalue weighted by molar-refractivity contribution is -0.117. The minimum absolute atomic E-state index is 0.361. The van der Waals surface area contributed by atoms with Crippen molar-refractivity contribution in [3.05, 3.63) is 41.6 Å². The van der Waals surface area contributed by atoms with Crippen LogP contribution in [0.15, 0.2) is 29.2 Å². The van der Waals surface area contributed by atoms with E-state index in [0.717, 1.165) is 30.7 Å². The molecule has 26 heavy (non-hydrogen) atoms. The van der Waals surface area contributed by atoms with Gasteiger partial charge in [0.2, 0.25) is 5.91 Å². The summed E-state index contributed by atoms with van der Waals surface area (Å²) in [7, 11) is -2.76. The molecule has 1 aliphatic carbocycles. The fourth-order valence-corrected chi connectivity index (χ4v) is 3.95. The summed E-state index contributed by atoms with van der Waals surface area (Å²) in [5.74, 6) is -2.23. The van der Waals surface area contributed by atoms with Gasteiger partial charge in [-0.25, -0.2) is 17.2 Å². The summed E-state index contributed by atoms with van der Waals surface area (Å²) in [6.07, 6.45) is 2.07. The Hall–Kier alpha value is -2.29. The predicted molar refractivity (Wildman–Crippen MR) is 91.4 cm³/mol. The Balaban J connectivity index is 1.89. The van der Waals surface area contributed by atoms with E-state index in [2.05, 4.69) is 10.4 Å². The van der Waals surface area contributed by atoms with Crippen LogP contribution in [0.2, 0.25) is 0 Å². The van der Waals surface area contributed by atoms with Gasteiger partial charge in [0.1, 0.15) is 27.1 Å². The third-order valence-corrected chi connectivity index (χ3v) is 6.98. The van der Waals surface area contributed by atoms with Crippen LogP contribution in [-0.4, -0.2) is 28.9 Å². The minimum Gasteiger partial charge on any atom is -0.310 e. The normalized spacial score (nSPS) is 15.1. The summed E-state index contributed by atoms with van der Waals surface area (Å²) in [6.45, 7) is 2.36. The molecular weight excluding hydrogens is 364 g/mol. The highest BCUT2D eigenvalue weighted by molar-refractivity contribution is 7.93. The van der Waals surface area contributed by atoms with Crippen molar-refractivity contribution < 1.29 is 22.0 Å². The van der Waals surface area contributed by atoms with Crippen molar-refractivity contribution in [1.82, 2.24) is 9.78 Å². The number of hydrogen-bond donors (Lipinski definition) is 1. The van der Waals surface area contributed by atoms with Gasteiger partial charge in [0.25, 0.3) is 0 Å². The fourth-order valence-electron chi connectivity index (χ4n) is 2.54. The zero-order chi connectivity index (χ0) is 19.3. The van der Waals surface area contributed by atoms with Crippen molar-refractivity contribution in [2.75, 3.05) is 5.32 Å². The second-order valence-electron chi connectivity index (χ2n) is 6.89. The van der Waals surface area contributed by atoms with E-state index < -0.39 is 37.0 Å². The zero-order valence-corrected chi connectivity index (χ0v) is 15.4. The molecule has 1 amide bonds. The second-order valence-corrected chi connectivity index (χ2v) is 9.36. The summed E-state index contributed by atoms with van der Waals surface area (Å²) in [4.78, 5) is 11.9. The number of sulfone groups is 1. The highest BCUT2D eigenvalue weighted by Gasteiger charge is 2.44. The van der Waals surface area contributed by atoms with Gasteiger partial charge < -0.3 is 5.32 Å². The Morgan fingerprint density at radius 3 is 2.50 bits per heavy atom. The first-order chi connectivity index (χ1) is 12.0. The third-order valence-electron chi connectivity index (χ3n) is 4.54. The monoisotopic (exact) mass is 383 g/mol. The van der Waals surface area contributed by atoms with E-state index in [9.17, 15) is 22.0 Å². The van der Waals surface area contributed by atoms with Gasteiger partial charge in [-0.2, -0.15) is 5.10 Å². The smallest absolute Gasteiger partial charge is 0.246 e. The molecule has 0 atom stereocenters. The lowest BCUT2D eigenvalue weighted by atomic mass is 10.2. The van der Waals surface area contributed by atoms with Gasteiger partial charge in [-0.05, 0) is 38.8 Å². The molecule has 0 aliphatic heterocycles. The Morgan fingerprint density at radius 1 is 1.27 bits per heavy atom. The lowest BCUT2D eigenvalue weighted by Crippen LogP contribution is -2.45. The third kappa shape index (κ3) is 3.11. The number of carbonyl (C=O) groups excluding carboxylic acids is 1. The van der Waals surface area contributed by atoms with Crippen molar-refractivity contribution in [3.63, 3.8) is 0 Å². The number of benzene rings is 1. The molecule has 1 saturated carbocycles. The van der Waals surface area contributed by atoms with Crippen molar-refractivity contribution in [2.24, 2.45) is 7.05 Å². The molecule has 2 aromatic rings. The number of anilines is 1. The quantitative estimate of drug-likeness (QED) is 0.805. The number of aryl methyl sites for hydroxylation is 1. The molecule has 6 nitrogen and oxygen atoms in total. The number of halogens is 2. The fraction of sp³-hybridized carbons (Fsp3) is 0.412. The average molecular weight is 383 g/mol. The molecule has 1 aromatic carbocycles. The molecule has 0 unspecified atom stereocenters. The molecular formula is C17H19F2N3O3S. The van der Waals surface area contributed by atoms with Gasteiger partial charge in [0.15, 0.2) is 9.84 Å². The largest absolute Gasteiger partial charge is 0.310 e. The Labute approximate surface area is 150 Å². The van der Waals surface area contributed by atoms with Crippen molar-refractivity contribution >= 4 is 21.6 Å². The molecule has 0 saturated heterocycles. The van der Waals surface area contributed by atoms with Crippen LogP contribution in [0, 0.1) is 11.6 Å². The molecule has 9 heteroatoms. The maximum absolute atomic E-state index is 14.0. The highest BCUT2D eigenvalue weighted by Crippen LogP contribution is 2.40. The number of aromatic nitrogens is 2. The lowest BCUT2D eigenvalue weighted by Gasteiger charge is -2.24. The standard InChI is InChI=1S/C17H19F2N3O3S/c1-17(2,26(24,25)14-7-6-11(18)8-12(14)19)16(23)20-15-9-13(10-4-5-10)21-22(15)3/h6-10H,4-5H2,1-3H3,(H,20,23). The first-order valence-corrected chi connectivity index (χ1v) is 9.57. The van der Waals surface area contributed by atoms with Crippen LogP contribution in [-0.2, 0) is 21.7 Å². The molecule has 1 aliphatic rings. The average Bonchev–Trinajstić information content (AvgIpc) is 3.32. The predicted octanol–water partition coefficient (Wildman–Crippen LogP) is 2.77. The molecule has 0 radical (unpaired) electrons. The van der Waals surface area contributed by atoms with Crippen LogP contribution >= 0.6 is 0 Å². The molecule has 3 rings (SSSR count). The number of hydrogen-bond acceptors (Lipinski definition) is 4. The van der Waals surface area contributed by atoms with E-state index >= 15 is 0 Å². The summed E-state index contributed by atoms with van der Waals surface area (Å²) < 4.78 is 52.1. The molecule has 0 bridgehead atoms. The van der Waals surface area contributed by atoms with Crippen LogP contribution in [0.4, 0.5) is 14.6 Å². The number of amides is 1. The SMILES string of the molecule is Cn1nc(C2CC2)cc1NC(=O)C(C)(C)S(=O)(=O)c1ccc(F)cc1F. The molecule has 1 aromatic heterocycles. The number of rotatable bonds is 5. The maximum Gasteiger partial charge on any atom is 0.246 e. The van der Waals surface area contributed by atoms with Crippen LogP contribution < -0.4 is 5.32 Å². The summed E-state index contributed by atoms with van der Waals surface area (Å²) in [5, 5.41) is 6.85. The van der Waals surface area contributed by atoms with Crippen LogP contribution in [0.1, 0.15) is 38.3 Å². The van der Waals surface area contributed by atoms with Crippen LogP contribution in [0.3, 0.4) is 0 Å². The minimum atomic E-state index is -4.40. The van der Waals surface area contributed by atoms with E-state index in [1.54, 1.807) is 13.1 Å². The number of carbonyl (C=O) groups is 1. The maximum atomic E-state index is 14.0. The van der Waals surface area contributed by atoms with Gasteiger partial charge in [0.05, 0.1) is 5.69 Å². The summed E-state index contributed by atoms with van der Waals surface area (Å²) in [6, 6.07) is 3.85.